The summed E-state index contributed by atoms with van der Waals surface area (Å²) in [7, 11) is 1.29. The molecule has 4 atom stereocenters. The van der Waals surface area contributed by atoms with Gasteiger partial charge in [0.15, 0.2) is 0 Å². The molecule has 60 heavy (non-hydrogen) atoms. The molecule has 1 aliphatic heterocycles. The second kappa shape index (κ2) is 18.3. The molecule has 3 heterocycles. The van der Waals surface area contributed by atoms with E-state index in [-0.39, 0.29) is 42.2 Å². The van der Waals surface area contributed by atoms with Gasteiger partial charge in [-0.2, -0.15) is 0 Å². The minimum absolute atomic E-state index is 0.0120. The SMILES string of the molecule is COC(=O)N[C@H](C(=O)N(Cc1ncc(-c2ccc(-c3ccc4cc(-c5cnc([C@@H]6CCCN6C(=O)[C@@H](N)C(C)C)[nH]5)ccc4c3)cc2)[nH]1)C[C@H](C)c1ccccc1)C(C)C. The highest BCUT2D eigenvalue weighted by Gasteiger charge is 2.35. The number of H-pyrrole nitrogens is 2. The monoisotopic (exact) mass is 808 g/mol. The van der Waals surface area contributed by atoms with Crippen molar-refractivity contribution in [2.75, 3.05) is 20.2 Å². The Morgan fingerprint density at radius 1 is 0.817 bits per heavy atom. The number of methoxy groups -OCH3 is 1. The first-order valence-corrected chi connectivity index (χ1v) is 20.9. The lowest BCUT2D eigenvalue weighted by Crippen LogP contribution is -2.51. The standard InChI is InChI=1S/C48H56N8O4/c1-29(2)43(49)46(57)56-22-10-13-41(56)45-51-26-40(53-45)38-21-20-36-23-35(18-19-37(36)24-38)33-14-16-34(17-15-33)39-25-50-42(52-39)28-55(27-31(5)32-11-8-7-9-12-32)47(58)44(30(3)4)54-48(59)60-6/h7-9,11-12,14-21,23-26,29-31,41,43-44H,10,13,22,27-28,49H2,1-6H3,(H,50,52)(H,51,53)(H,54,59)/t31-,41-,43-,44-/m0/s1. The Morgan fingerprint density at radius 2 is 1.45 bits per heavy atom. The molecule has 0 bridgehead atoms. The van der Waals surface area contributed by atoms with Gasteiger partial charge in [-0.25, -0.2) is 14.8 Å². The number of rotatable bonds is 14. The molecule has 12 nitrogen and oxygen atoms in total. The second-order valence-electron chi connectivity index (χ2n) is 16.6. The minimum Gasteiger partial charge on any atom is -0.453 e. The quantitative estimate of drug-likeness (QED) is 0.0859. The van der Waals surface area contributed by atoms with Crippen LogP contribution in [0.3, 0.4) is 0 Å². The number of imidazole rings is 2. The van der Waals surface area contributed by atoms with Crippen LogP contribution in [0.25, 0.3) is 44.4 Å². The molecule has 2 aromatic heterocycles. The normalized spacial score (nSPS) is 15.6. The first-order valence-electron chi connectivity index (χ1n) is 20.9. The average Bonchev–Trinajstić information content (AvgIpc) is 4.06. The molecule has 0 saturated carbocycles. The fourth-order valence-corrected chi connectivity index (χ4v) is 8.00. The van der Waals surface area contributed by atoms with E-state index in [9.17, 15) is 14.4 Å². The molecular formula is C48H56N8O4. The number of hydrogen-bond donors (Lipinski definition) is 4. The van der Waals surface area contributed by atoms with Gasteiger partial charge in [0.2, 0.25) is 11.8 Å². The van der Waals surface area contributed by atoms with Crippen LogP contribution in [0.2, 0.25) is 0 Å². The number of nitrogens with zero attached hydrogens (tertiary/aromatic N) is 4. The maximum absolute atomic E-state index is 14.0. The molecule has 0 spiro atoms. The molecule has 5 N–H and O–H groups in total. The number of ether oxygens (including phenoxy) is 1. The number of nitrogens with two attached hydrogens (primary N) is 1. The Morgan fingerprint density at radius 3 is 2.13 bits per heavy atom. The van der Waals surface area contributed by atoms with E-state index in [2.05, 4.69) is 100.0 Å². The van der Waals surface area contributed by atoms with E-state index in [4.69, 9.17) is 15.5 Å². The van der Waals surface area contributed by atoms with Crippen molar-refractivity contribution >= 4 is 28.7 Å². The van der Waals surface area contributed by atoms with Crippen LogP contribution in [0.5, 0.6) is 0 Å². The van der Waals surface area contributed by atoms with Crippen LogP contribution in [-0.2, 0) is 20.9 Å². The number of nitrogens with one attached hydrogen (secondary N) is 3. The van der Waals surface area contributed by atoms with E-state index >= 15 is 0 Å². The van der Waals surface area contributed by atoms with Crippen LogP contribution >= 0.6 is 0 Å². The fraction of sp³-hybridized carbons (Fsp3) is 0.354. The van der Waals surface area contributed by atoms with Crippen molar-refractivity contribution in [2.24, 2.45) is 17.6 Å². The van der Waals surface area contributed by atoms with E-state index in [1.807, 2.05) is 57.0 Å². The summed E-state index contributed by atoms with van der Waals surface area (Å²) in [6.45, 7) is 11.2. The number of carbonyl (C=O) groups is 3. The van der Waals surface area contributed by atoms with Crippen LogP contribution in [-0.4, -0.2) is 79.9 Å². The molecular weight excluding hydrogens is 753 g/mol. The lowest BCUT2D eigenvalue weighted by atomic mass is 9.98. The summed E-state index contributed by atoms with van der Waals surface area (Å²) in [4.78, 5) is 59.3. The molecule has 1 fully saturated rings. The van der Waals surface area contributed by atoms with Gasteiger partial charge >= 0.3 is 6.09 Å². The number of carbonyl (C=O) groups excluding carboxylic acids is 3. The highest BCUT2D eigenvalue weighted by Crippen LogP contribution is 2.34. The summed E-state index contributed by atoms with van der Waals surface area (Å²) in [6.07, 6.45) is 4.80. The van der Waals surface area contributed by atoms with E-state index < -0.39 is 18.2 Å². The molecule has 12 heteroatoms. The number of aromatic nitrogens is 4. The second-order valence-corrected chi connectivity index (χ2v) is 16.6. The van der Waals surface area contributed by atoms with Gasteiger partial charge in [-0.3, -0.25) is 9.59 Å². The third-order valence-corrected chi connectivity index (χ3v) is 11.7. The van der Waals surface area contributed by atoms with Crippen molar-refractivity contribution in [3.05, 3.63) is 121 Å². The van der Waals surface area contributed by atoms with Gasteiger partial charge in [0.05, 0.1) is 49.5 Å². The maximum atomic E-state index is 14.0. The molecule has 1 saturated heterocycles. The number of benzene rings is 4. The van der Waals surface area contributed by atoms with Crippen molar-refractivity contribution in [2.45, 2.75) is 78.0 Å². The van der Waals surface area contributed by atoms with Gasteiger partial charge in [-0.05, 0) is 75.8 Å². The van der Waals surface area contributed by atoms with Gasteiger partial charge in [0.25, 0.3) is 0 Å². The zero-order chi connectivity index (χ0) is 42.5. The summed E-state index contributed by atoms with van der Waals surface area (Å²) in [6, 6.07) is 29.9. The molecule has 312 valence electrons. The molecule has 6 aromatic rings. The Labute approximate surface area is 351 Å². The molecule has 0 unspecified atom stereocenters. The first kappa shape index (κ1) is 41.9. The Kier molecular flexibility index (Phi) is 12.8. The van der Waals surface area contributed by atoms with E-state index in [0.717, 1.165) is 68.6 Å². The number of alkyl carbamates (subject to hydrolysis) is 1. The zero-order valence-corrected chi connectivity index (χ0v) is 35.3. The topological polar surface area (TPSA) is 162 Å². The number of likely N-dealkylation sites (tertiary alicyclic amines) is 1. The highest BCUT2D eigenvalue weighted by atomic mass is 16.5. The Hall–Kier alpha value is -6.27. The van der Waals surface area contributed by atoms with Crippen molar-refractivity contribution in [3.63, 3.8) is 0 Å². The zero-order valence-electron chi connectivity index (χ0n) is 35.3. The predicted octanol–water partition coefficient (Wildman–Crippen LogP) is 8.45. The van der Waals surface area contributed by atoms with Crippen LogP contribution in [0, 0.1) is 11.8 Å². The van der Waals surface area contributed by atoms with Gasteiger partial charge < -0.3 is 35.6 Å². The maximum Gasteiger partial charge on any atom is 0.407 e. The predicted molar refractivity (Wildman–Crippen MR) is 235 cm³/mol. The summed E-state index contributed by atoms with van der Waals surface area (Å²) in [5.41, 5.74) is 13.3. The molecule has 0 radical (unpaired) electrons. The molecule has 1 aliphatic rings. The molecule has 3 amide bonds. The molecule has 4 aromatic carbocycles. The largest absolute Gasteiger partial charge is 0.453 e. The van der Waals surface area contributed by atoms with E-state index in [1.165, 1.54) is 7.11 Å². The minimum atomic E-state index is -0.758. The van der Waals surface area contributed by atoms with Crippen LogP contribution in [0.4, 0.5) is 4.79 Å². The Balaban J connectivity index is 1.04. The van der Waals surface area contributed by atoms with Crippen molar-refractivity contribution in [3.8, 4) is 33.6 Å². The fourth-order valence-electron chi connectivity index (χ4n) is 8.00. The average molecular weight is 809 g/mol. The Bertz CT molecular complexity index is 2420. The van der Waals surface area contributed by atoms with Crippen LogP contribution in [0.1, 0.15) is 76.6 Å². The van der Waals surface area contributed by atoms with Crippen molar-refractivity contribution in [1.82, 2.24) is 35.1 Å². The van der Waals surface area contributed by atoms with Gasteiger partial charge in [0, 0.05) is 18.7 Å². The summed E-state index contributed by atoms with van der Waals surface area (Å²) in [5, 5.41) is 4.97. The van der Waals surface area contributed by atoms with Gasteiger partial charge in [-0.1, -0.05) is 113 Å². The lowest BCUT2D eigenvalue weighted by molar-refractivity contribution is -0.135. The first-order chi connectivity index (χ1) is 28.9. The third kappa shape index (κ3) is 9.29. The lowest BCUT2D eigenvalue weighted by Gasteiger charge is -2.31. The molecule has 7 rings (SSSR count). The molecule has 0 aliphatic carbocycles. The van der Waals surface area contributed by atoms with Crippen molar-refractivity contribution in [1.29, 1.82) is 0 Å². The van der Waals surface area contributed by atoms with E-state index in [1.54, 1.807) is 11.1 Å². The van der Waals surface area contributed by atoms with Crippen LogP contribution in [0.15, 0.2) is 103 Å². The number of aromatic amines is 2. The summed E-state index contributed by atoms with van der Waals surface area (Å²) >= 11 is 0. The van der Waals surface area contributed by atoms with Crippen LogP contribution < -0.4 is 11.1 Å². The smallest absolute Gasteiger partial charge is 0.407 e. The van der Waals surface area contributed by atoms with Crippen molar-refractivity contribution < 1.29 is 19.1 Å². The summed E-state index contributed by atoms with van der Waals surface area (Å²) < 4.78 is 4.83. The summed E-state index contributed by atoms with van der Waals surface area (Å²) in [5.74, 6) is 1.20. The highest BCUT2D eigenvalue weighted by molar-refractivity contribution is 5.91. The number of amides is 3. The number of fused-ring (bicyclic) bond motifs is 1. The van der Waals surface area contributed by atoms with Gasteiger partial charge in [0.1, 0.15) is 17.7 Å². The third-order valence-electron chi connectivity index (χ3n) is 11.7. The van der Waals surface area contributed by atoms with E-state index in [0.29, 0.717) is 18.9 Å². The number of hydrogen-bond acceptors (Lipinski definition) is 7. The van der Waals surface area contributed by atoms with Gasteiger partial charge in [-0.15, -0.1) is 0 Å².